The second kappa shape index (κ2) is 10.1. The van der Waals surface area contributed by atoms with Crippen LogP contribution in [0.4, 0.5) is 0 Å². The van der Waals surface area contributed by atoms with Crippen LogP contribution in [-0.2, 0) is 4.79 Å². The molecule has 1 fully saturated rings. The van der Waals surface area contributed by atoms with Crippen LogP contribution < -0.4 is 4.74 Å². The van der Waals surface area contributed by atoms with Gasteiger partial charge in [0, 0.05) is 25.6 Å². The van der Waals surface area contributed by atoms with Crippen LogP contribution in [0.25, 0.3) is 0 Å². The first-order chi connectivity index (χ1) is 12.6. The summed E-state index contributed by atoms with van der Waals surface area (Å²) in [4.78, 5) is 16.5. The number of rotatable bonds is 8. The maximum absolute atomic E-state index is 12.4. The Kier molecular flexibility index (Phi) is 7.89. The van der Waals surface area contributed by atoms with Crippen LogP contribution in [0.1, 0.15) is 32.3 Å². The summed E-state index contributed by atoms with van der Waals surface area (Å²) in [5.41, 5.74) is 0.583. The molecule has 1 aliphatic rings. The molecule has 2 rings (SSSR count). The standard InChI is InChI=1S/C20H29N3O3/c1-3-23(4-2)20(25)17-9-11-22(12-10-17)14-18(24)15-26-19-7-5-16(13-21)6-8-19/h5-8,17-18,24H,3-4,9-12,14-15H2,1-2H3. The topological polar surface area (TPSA) is 76.8 Å². The van der Waals surface area contributed by atoms with Gasteiger partial charge in [0.2, 0.25) is 5.91 Å². The Morgan fingerprint density at radius 2 is 1.92 bits per heavy atom. The third kappa shape index (κ3) is 5.72. The largest absolute Gasteiger partial charge is 0.491 e. The van der Waals surface area contributed by atoms with Gasteiger partial charge in [-0.05, 0) is 64.0 Å². The molecule has 1 N–H and O–H groups in total. The summed E-state index contributed by atoms with van der Waals surface area (Å²) in [7, 11) is 0. The quantitative estimate of drug-likeness (QED) is 0.767. The summed E-state index contributed by atoms with van der Waals surface area (Å²) in [6, 6.07) is 8.91. The van der Waals surface area contributed by atoms with Crippen LogP contribution in [0.15, 0.2) is 24.3 Å². The smallest absolute Gasteiger partial charge is 0.225 e. The van der Waals surface area contributed by atoms with Gasteiger partial charge in [0.25, 0.3) is 0 Å². The predicted molar refractivity (Wildman–Crippen MR) is 99.8 cm³/mol. The maximum atomic E-state index is 12.4. The molecular weight excluding hydrogens is 330 g/mol. The number of carbonyl (C=O) groups excluding carboxylic acids is 1. The minimum atomic E-state index is -0.583. The first-order valence-electron chi connectivity index (χ1n) is 9.39. The summed E-state index contributed by atoms with van der Waals surface area (Å²) in [5, 5.41) is 19.0. The zero-order valence-electron chi connectivity index (χ0n) is 15.7. The number of aliphatic hydroxyl groups is 1. The molecular formula is C20H29N3O3. The van der Waals surface area contributed by atoms with Crippen LogP contribution in [0.2, 0.25) is 0 Å². The lowest BCUT2D eigenvalue weighted by Gasteiger charge is -2.34. The van der Waals surface area contributed by atoms with Crippen molar-refractivity contribution in [1.82, 2.24) is 9.80 Å². The fourth-order valence-corrected chi connectivity index (χ4v) is 3.32. The summed E-state index contributed by atoms with van der Waals surface area (Å²) in [6.45, 7) is 7.97. The van der Waals surface area contributed by atoms with Gasteiger partial charge in [-0.25, -0.2) is 0 Å². The van der Waals surface area contributed by atoms with E-state index in [2.05, 4.69) is 11.0 Å². The lowest BCUT2D eigenvalue weighted by atomic mass is 9.95. The Morgan fingerprint density at radius 3 is 2.46 bits per heavy atom. The van der Waals surface area contributed by atoms with E-state index in [-0.39, 0.29) is 18.4 Å². The zero-order valence-corrected chi connectivity index (χ0v) is 15.7. The van der Waals surface area contributed by atoms with Crippen molar-refractivity contribution in [3.05, 3.63) is 29.8 Å². The fraction of sp³-hybridized carbons (Fsp3) is 0.600. The Labute approximate surface area is 156 Å². The van der Waals surface area contributed by atoms with Gasteiger partial charge in [0.05, 0.1) is 11.6 Å². The van der Waals surface area contributed by atoms with E-state index in [9.17, 15) is 9.90 Å². The van der Waals surface area contributed by atoms with E-state index in [0.29, 0.717) is 17.9 Å². The van der Waals surface area contributed by atoms with Crippen molar-refractivity contribution in [2.24, 2.45) is 5.92 Å². The highest BCUT2D eigenvalue weighted by atomic mass is 16.5. The monoisotopic (exact) mass is 359 g/mol. The van der Waals surface area contributed by atoms with Gasteiger partial charge in [-0.1, -0.05) is 0 Å². The van der Waals surface area contributed by atoms with Crippen LogP contribution in [0.3, 0.4) is 0 Å². The van der Waals surface area contributed by atoms with Crippen LogP contribution >= 0.6 is 0 Å². The number of ether oxygens (including phenoxy) is 1. The molecule has 1 amide bonds. The Hall–Kier alpha value is -2.10. The van der Waals surface area contributed by atoms with Crippen LogP contribution in [0, 0.1) is 17.2 Å². The molecule has 0 spiro atoms. The van der Waals surface area contributed by atoms with E-state index in [4.69, 9.17) is 10.00 Å². The number of carbonyl (C=O) groups is 1. The molecule has 1 saturated heterocycles. The minimum absolute atomic E-state index is 0.109. The number of hydrogen-bond donors (Lipinski definition) is 1. The summed E-state index contributed by atoms with van der Waals surface area (Å²) < 4.78 is 5.58. The van der Waals surface area contributed by atoms with Crippen molar-refractivity contribution in [2.45, 2.75) is 32.8 Å². The SMILES string of the molecule is CCN(CC)C(=O)C1CCN(CC(O)COc2ccc(C#N)cc2)CC1. The third-order valence-corrected chi connectivity index (χ3v) is 4.91. The number of β-amino-alcohol motifs (C(OH)–C–C–N with tert-alkyl or cyclic N) is 1. The summed E-state index contributed by atoms with van der Waals surface area (Å²) in [5.74, 6) is 1.02. The Bertz CT molecular complexity index is 600. The van der Waals surface area contributed by atoms with E-state index >= 15 is 0 Å². The molecule has 1 atom stereocenters. The molecule has 142 valence electrons. The molecule has 26 heavy (non-hydrogen) atoms. The van der Waals surface area contributed by atoms with E-state index in [0.717, 1.165) is 39.0 Å². The lowest BCUT2D eigenvalue weighted by molar-refractivity contribution is -0.136. The van der Waals surface area contributed by atoms with E-state index in [1.54, 1.807) is 24.3 Å². The first kappa shape index (κ1) is 20.2. The maximum Gasteiger partial charge on any atom is 0.225 e. The number of aliphatic hydroxyl groups excluding tert-OH is 1. The number of hydrogen-bond acceptors (Lipinski definition) is 5. The van der Waals surface area contributed by atoms with E-state index < -0.39 is 6.10 Å². The van der Waals surface area contributed by atoms with Gasteiger partial charge < -0.3 is 19.6 Å². The van der Waals surface area contributed by atoms with Gasteiger partial charge in [-0.3, -0.25) is 4.79 Å². The molecule has 0 saturated carbocycles. The van der Waals surface area contributed by atoms with Gasteiger partial charge >= 0.3 is 0 Å². The van der Waals surface area contributed by atoms with Crippen molar-refractivity contribution in [2.75, 3.05) is 39.3 Å². The third-order valence-electron chi connectivity index (χ3n) is 4.91. The number of piperidine rings is 1. The number of amides is 1. The molecule has 1 aromatic rings. The highest BCUT2D eigenvalue weighted by Crippen LogP contribution is 2.20. The van der Waals surface area contributed by atoms with Crippen molar-refractivity contribution in [1.29, 1.82) is 5.26 Å². The molecule has 0 radical (unpaired) electrons. The van der Waals surface area contributed by atoms with Crippen molar-refractivity contribution < 1.29 is 14.6 Å². The van der Waals surface area contributed by atoms with Crippen LogP contribution in [-0.4, -0.2) is 66.2 Å². The summed E-state index contributed by atoms with van der Waals surface area (Å²) >= 11 is 0. The normalized spacial score (nSPS) is 16.7. The van der Waals surface area contributed by atoms with Gasteiger partial charge in [0.1, 0.15) is 18.5 Å². The molecule has 6 nitrogen and oxygen atoms in total. The predicted octanol–water partition coefficient (Wildman–Crippen LogP) is 1.88. The number of nitrogens with zero attached hydrogens (tertiary/aromatic N) is 3. The van der Waals surface area contributed by atoms with E-state index in [1.807, 2.05) is 18.7 Å². The average Bonchev–Trinajstić information content (AvgIpc) is 2.68. The molecule has 1 aromatic carbocycles. The van der Waals surface area contributed by atoms with Crippen molar-refractivity contribution >= 4 is 5.91 Å². The van der Waals surface area contributed by atoms with Crippen molar-refractivity contribution in [3.63, 3.8) is 0 Å². The molecule has 1 aliphatic heterocycles. The highest BCUT2D eigenvalue weighted by molar-refractivity contribution is 5.78. The molecule has 0 aliphatic carbocycles. The van der Waals surface area contributed by atoms with Gasteiger partial charge in [-0.2, -0.15) is 5.26 Å². The minimum Gasteiger partial charge on any atom is -0.491 e. The second-order valence-electron chi connectivity index (χ2n) is 6.69. The number of likely N-dealkylation sites (tertiary alicyclic amines) is 1. The van der Waals surface area contributed by atoms with Crippen molar-refractivity contribution in [3.8, 4) is 11.8 Å². The molecule has 6 heteroatoms. The average molecular weight is 359 g/mol. The molecule has 1 unspecified atom stereocenters. The fourth-order valence-electron chi connectivity index (χ4n) is 3.32. The lowest BCUT2D eigenvalue weighted by Crippen LogP contribution is -2.45. The molecule has 1 heterocycles. The first-order valence-corrected chi connectivity index (χ1v) is 9.39. The highest BCUT2D eigenvalue weighted by Gasteiger charge is 2.28. The number of nitriles is 1. The Morgan fingerprint density at radius 1 is 1.31 bits per heavy atom. The number of benzene rings is 1. The van der Waals surface area contributed by atoms with Gasteiger partial charge in [-0.15, -0.1) is 0 Å². The Balaban J connectivity index is 1.71. The second-order valence-corrected chi connectivity index (χ2v) is 6.69. The molecule has 0 bridgehead atoms. The summed E-state index contributed by atoms with van der Waals surface area (Å²) in [6.07, 6.45) is 1.11. The van der Waals surface area contributed by atoms with E-state index in [1.165, 1.54) is 0 Å². The zero-order chi connectivity index (χ0) is 18.9. The molecule has 0 aromatic heterocycles. The van der Waals surface area contributed by atoms with Gasteiger partial charge in [0.15, 0.2) is 0 Å². The van der Waals surface area contributed by atoms with Crippen LogP contribution in [0.5, 0.6) is 5.75 Å².